The summed E-state index contributed by atoms with van der Waals surface area (Å²) in [4.78, 5) is 4.29. The van der Waals surface area contributed by atoms with Gasteiger partial charge in [0.25, 0.3) is 0 Å². The van der Waals surface area contributed by atoms with Crippen molar-refractivity contribution in [2.75, 3.05) is 20.3 Å². The third-order valence-electron chi connectivity index (χ3n) is 3.25. The van der Waals surface area contributed by atoms with Crippen LogP contribution in [-0.2, 0) is 24.4 Å². The second kappa shape index (κ2) is 8.44. The molecule has 2 rings (SSSR count). The molecule has 21 heavy (non-hydrogen) atoms. The Morgan fingerprint density at radius 1 is 1.24 bits per heavy atom. The number of hydrogen-bond acceptors (Lipinski definition) is 4. The van der Waals surface area contributed by atoms with Gasteiger partial charge < -0.3 is 19.4 Å². The number of imidazole rings is 1. The summed E-state index contributed by atoms with van der Waals surface area (Å²) in [5, 5.41) is 3.31. The molecule has 0 aliphatic rings. The zero-order chi connectivity index (χ0) is 14.9. The van der Waals surface area contributed by atoms with Crippen LogP contribution in [0.2, 0.25) is 0 Å². The lowest BCUT2D eigenvalue weighted by Crippen LogP contribution is -2.18. The van der Waals surface area contributed by atoms with Gasteiger partial charge in [-0.25, -0.2) is 4.98 Å². The van der Waals surface area contributed by atoms with Crippen molar-refractivity contribution in [3.05, 3.63) is 48.0 Å². The molecule has 1 aromatic carbocycles. The molecule has 0 aliphatic heterocycles. The molecule has 0 bridgehead atoms. The van der Waals surface area contributed by atoms with Crippen molar-refractivity contribution >= 4 is 0 Å². The first kappa shape index (κ1) is 15.5. The van der Waals surface area contributed by atoms with Gasteiger partial charge in [-0.05, 0) is 24.6 Å². The van der Waals surface area contributed by atoms with E-state index in [1.54, 1.807) is 13.3 Å². The topological polar surface area (TPSA) is 48.3 Å². The fraction of sp³-hybridized carbons (Fsp3) is 0.438. The maximum absolute atomic E-state index is 5.77. The van der Waals surface area contributed by atoms with E-state index in [2.05, 4.69) is 33.9 Å². The van der Waals surface area contributed by atoms with Crippen molar-refractivity contribution in [2.45, 2.75) is 26.6 Å². The summed E-state index contributed by atoms with van der Waals surface area (Å²) >= 11 is 0. The standard InChI is InChI=1S/C16H23N3O2/c1-3-19-10-8-18-16(19)13-21-15-6-4-14(5-7-15)12-17-9-11-20-2/h4-8,10,17H,3,9,11-13H2,1-2H3. The minimum absolute atomic E-state index is 0.492. The van der Waals surface area contributed by atoms with E-state index >= 15 is 0 Å². The van der Waals surface area contributed by atoms with Crippen LogP contribution in [0, 0.1) is 0 Å². The molecule has 0 unspecified atom stereocenters. The number of methoxy groups -OCH3 is 1. The summed E-state index contributed by atoms with van der Waals surface area (Å²) in [7, 11) is 1.71. The predicted molar refractivity (Wildman–Crippen MR) is 82.3 cm³/mol. The van der Waals surface area contributed by atoms with E-state index in [1.807, 2.05) is 18.3 Å². The molecule has 1 N–H and O–H groups in total. The minimum atomic E-state index is 0.492. The number of hydrogen-bond donors (Lipinski definition) is 1. The van der Waals surface area contributed by atoms with Crippen LogP contribution in [0.5, 0.6) is 5.75 Å². The van der Waals surface area contributed by atoms with E-state index in [4.69, 9.17) is 9.47 Å². The van der Waals surface area contributed by atoms with Crippen molar-refractivity contribution in [3.63, 3.8) is 0 Å². The van der Waals surface area contributed by atoms with Gasteiger partial charge in [0.2, 0.25) is 0 Å². The lowest BCUT2D eigenvalue weighted by atomic mass is 10.2. The van der Waals surface area contributed by atoms with Crippen molar-refractivity contribution in [1.29, 1.82) is 0 Å². The van der Waals surface area contributed by atoms with Gasteiger partial charge >= 0.3 is 0 Å². The Kier molecular flexibility index (Phi) is 6.24. The number of aryl methyl sites for hydroxylation is 1. The summed E-state index contributed by atoms with van der Waals surface area (Å²) < 4.78 is 12.8. The normalized spacial score (nSPS) is 10.8. The summed E-state index contributed by atoms with van der Waals surface area (Å²) in [6.45, 7) is 5.91. The van der Waals surface area contributed by atoms with Gasteiger partial charge in [-0.1, -0.05) is 12.1 Å². The molecule has 0 aliphatic carbocycles. The first-order valence-electron chi connectivity index (χ1n) is 7.25. The van der Waals surface area contributed by atoms with Crippen molar-refractivity contribution in [1.82, 2.24) is 14.9 Å². The van der Waals surface area contributed by atoms with Crippen LogP contribution < -0.4 is 10.1 Å². The number of nitrogens with one attached hydrogen (secondary N) is 1. The molecule has 0 saturated heterocycles. The first-order chi connectivity index (χ1) is 10.3. The third kappa shape index (κ3) is 4.88. The van der Waals surface area contributed by atoms with Crippen molar-refractivity contribution in [3.8, 4) is 5.75 Å². The molecule has 5 heteroatoms. The Balaban J connectivity index is 1.79. The average Bonchev–Trinajstić information content (AvgIpc) is 2.98. The van der Waals surface area contributed by atoms with E-state index in [-0.39, 0.29) is 0 Å². The summed E-state index contributed by atoms with van der Waals surface area (Å²) in [5.41, 5.74) is 1.23. The quantitative estimate of drug-likeness (QED) is 0.719. The Bertz CT molecular complexity index is 523. The van der Waals surface area contributed by atoms with E-state index < -0.39 is 0 Å². The highest BCUT2D eigenvalue weighted by Gasteiger charge is 2.02. The molecule has 1 heterocycles. The van der Waals surface area contributed by atoms with Crippen LogP contribution in [0.25, 0.3) is 0 Å². The van der Waals surface area contributed by atoms with Crippen LogP contribution in [-0.4, -0.2) is 29.8 Å². The highest BCUT2D eigenvalue weighted by molar-refractivity contribution is 5.27. The number of nitrogens with zero attached hydrogens (tertiary/aromatic N) is 2. The van der Waals surface area contributed by atoms with Gasteiger partial charge in [0, 0.05) is 39.1 Å². The monoisotopic (exact) mass is 289 g/mol. The zero-order valence-corrected chi connectivity index (χ0v) is 12.7. The highest BCUT2D eigenvalue weighted by Crippen LogP contribution is 2.13. The third-order valence-corrected chi connectivity index (χ3v) is 3.25. The molecule has 2 aromatic rings. The van der Waals surface area contributed by atoms with E-state index in [0.717, 1.165) is 37.8 Å². The van der Waals surface area contributed by atoms with Gasteiger partial charge in [0.1, 0.15) is 18.2 Å². The molecular weight excluding hydrogens is 266 g/mol. The lowest BCUT2D eigenvalue weighted by molar-refractivity contribution is 0.199. The predicted octanol–water partition coefficient (Wildman–Crippen LogP) is 2.22. The average molecular weight is 289 g/mol. The summed E-state index contributed by atoms with van der Waals surface area (Å²) in [6, 6.07) is 8.13. The summed E-state index contributed by atoms with van der Waals surface area (Å²) in [5.74, 6) is 1.81. The van der Waals surface area contributed by atoms with Gasteiger partial charge in [-0.3, -0.25) is 0 Å². The second-order valence-corrected chi connectivity index (χ2v) is 4.73. The highest BCUT2D eigenvalue weighted by atomic mass is 16.5. The van der Waals surface area contributed by atoms with E-state index in [1.165, 1.54) is 5.56 Å². The van der Waals surface area contributed by atoms with Gasteiger partial charge in [0.15, 0.2) is 0 Å². The number of benzene rings is 1. The van der Waals surface area contributed by atoms with Crippen LogP contribution in [0.1, 0.15) is 18.3 Å². The summed E-state index contributed by atoms with van der Waals surface area (Å²) in [6.07, 6.45) is 3.77. The van der Waals surface area contributed by atoms with Crippen molar-refractivity contribution < 1.29 is 9.47 Å². The maximum Gasteiger partial charge on any atom is 0.146 e. The van der Waals surface area contributed by atoms with Crippen molar-refractivity contribution in [2.24, 2.45) is 0 Å². The Morgan fingerprint density at radius 3 is 2.76 bits per heavy atom. The van der Waals surface area contributed by atoms with Crippen LogP contribution in [0.3, 0.4) is 0 Å². The largest absolute Gasteiger partial charge is 0.486 e. The molecule has 0 atom stereocenters. The fourth-order valence-electron chi connectivity index (χ4n) is 2.03. The molecule has 5 nitrogen and oxygen atoms in total. The molecule has 0 fully saturated rings. The van der Waals surface area contributed by atoms with E-state index in [0.29, 0.717) is 6.61 Å². The van der Waals surface area contributed by atoms with Crippen LogP contribution in [0.4, 0.5) is 0 Å². The van der Waals surface area contributed by atoms with Crippen LogP contribution in [0.15, 0.2) is 36.7 Å². The molecule has 1 aromatic heterocycles. The lowest BCUT2D eigenvalue weighted by Gasteiger charge is -2.09. The minimum Gasteiger partial charge on any atom is -0.486 e. The fourth-order valence-corrected chi connectivity index (χ4v) is 2.03. The molecule has 0 radical (unpaired) electrons. The van der Waals surface area contributed by atoms with E-state index in [9.17, 15) is 0 Å². The van der Waals surface area contributed by atoms with Gasteiger partial charge in [-0.2, -0.15) is 0 Å². The zero-order valence-electron chi connectivity index (χ0n) is 12.7. The smallest absolute Gasteiger partial charge is 0.146 e. The molecular formula is C16H23N3O2. The Morgan fingerprint density at radius 2 is 2.05 bits per heavy atom. The second-order valence-electron chi connectivity index (χ2n) is 4.73. The van der Waals surface area contributed by atoms with Crippen LogP contribution >= 0.6 is 0 Å². The SMILES string of the molecule is CCn1ccnc1COc1ccc(CNCCOC)cc1. The molecule has 0 spiro atoms. The first-order valence-corrected chi connectivity index (χ1v) is 7.25. The number of ether oxygens (including phenoxy) is 2. The maximum atomic E-state index is 5.77. The number of aromatic nitrogens is 2. The molecule has 0 saturated carbocycles. The van der Waals surface area contributed by atoms with Gasteiger partial charge in [0.05, 0.1) is 6.61 Å². The Hall–Kier alpha value is -1.85. The molecule has 0 amide bonds. The molecule has 114 valence electrons. The number of rotatable bonds is 9. The Labute approximate surface area is 125 Å². The van der Waals surface area contributed by atoms with Gasteiger partial charge in [-0.15, -0.1) is 0 Å².